The number of carbonyl (C=O) groups is 1. The molecule has 0 unspecified atom stereocenters. The fraction of sp³-hybridized carbons (Fsp3) is 0.300. The van der Waals surface area contributed by atoms with Crippen molar-refractivity contribution in [2.75, 3.05) is 0 Å². The second-order valence-corrected chi connectivity index (χ2v) is 3.38. The largest absolute Gasteiger partial charge is 0.508 e. The minimum atomic E-state index is -0.577. The fourth-order valence-electron chi connectivity index (χ4n) is 1.63. The number of phenolic OH excluding ortho intramolecular Hbond substituents is 2. The number of fused-ring (bicyclic) bond motifs is 1. The van der Waals surface area contributed by atoms with Crippen molar-refractivity contribution in [3.63, 3.8) is 0 Å². The van der Waals surface area contributed by atoms with Gasteiger partial charge in [0.1, 0.15) is 23.2 Å². The van der Waals surface area contributed by atoms with E-state index in [0.717, 1.165) is 0 Å². The number of hydrogen-bond donors (Lipinski definition) is 2. The molecular weight excluding hydrogens is 184 g/mol. The zero-order valence-electron chi connectivity index (χ0n) is 7.65. The van der Waals surface area contributed by atoms with Crippen LogP contribution in [-0.2, 0) is 11.2 Å². The number of cyclic esters (lactones) is 1. The van der Waals surface area contributed by atoms with E-state index in [4.69, 9.17) is 4.74 Å². The second-order valence-electron chi connectivity index (χ2n) is 3.38. The molecule has 1 aromatic rings. The van der Waals surface area contributed by atoms with E-state index in [9.17, 15) is 15.0 Å². The van der Waals surface area contributed by atoms with Crippen molar-refractivity contribution in [1.82, 2.24) is 0 Å². The van der Waals surface area contributed by atoms with Gasteiger partial charge in [-0.25, -0.2) is 4.79 Å². The van der Waals surface area contributed by atoms with Gasteiger partial charge in [0.15, 0.2) is 0 Å². The Labute approximate surface area is 80.7 Å². The van der Waals surface area contributed by atoms with Crippen LogP contribution in [0.1, 0.15) is 22.8 Å². The van der Waals surface area contributed by atoms with Crippen molar-refractivity contribution in [2.24, 2.45) is 0 Å². The van der Waals surface area contributed by atoms with Gasteiger partial charge in [0.2, 0.25) is 0 Å². The molecule has 1 aromatic carbocycles. The Morgan fingerprint density at radius 2 is 2.00 bits per heavy atom. The zero-order valence-corrected chi connectivity index (χ0v) is 7.65. The van der Waals surface area contributed by atoms with Crippen molar-refractivity contribution in [3.8, 4) is 11.5 Å². The normalized spacial score (nSPS) is 20.1. The average Bonchev–Trinajstić information content (AvgIpc) is 2.10. The first kappa shape index (κ1) is 8.87. The van der Waals surface area contributed by atoms with Crippen molar-refractivity contribution < 1.29 is 19.7 Å². The molecule has 1 heterocycles. The Hall–Kier alpha value is -1.71. The van der Waals surface area contributed by atoms with Gasteiger partial charge in [-0.1, -0.05) is 0 Å². The molecule has 0 saturated carbocycles. The summed E-state index contributed by atoms with van der Waals surface area (Å²) in [4.78, 5) is 11.4. The third-order valence-corrected chi connectivity index (χ3v) is 2.27. The minimum Gasteiger partial charge on any atom is -0.508 e. The highest BCUT2D eigenvalue weighted by Crippen LogP contribution is 2.34. The lowest BCUT2D eigenvalue weighted by Crippen LogP contribution is -2.25. The van der Waals surface area contributed by atoms with Crippen LogP contribution in [0.4, 0.5) is 0 Å². The van der Waals surface area contributed by atoms with Crippen LogP contribution in [0.3, 0.4) is 0 Å². The molecule has 2 N–H and O–H groups in total. The van der Waals surface area contributed by atoms with Gasteiger partial charge in [0.25, 0.3) is 0 Å². The maximum Gasteiger partial charge on any atom is 0.342 e. The van der Waals surface area contributed by atoms with E-state index in [1.54, 1.807) is 6.92 Å². The second kappa shape index (κ2) is 2.90. The van der Waals surface area contributed by atoms with Crippen LogP contribution >= 0.6 is 0 Å². The van der Waals surface area contributed by atoms with Crippen molar-refractivity contribution in [2.45, 2.75) is 19.4 Å². The third kappa shape index (κ3) is 1.19. The Kier molecular flexibility index (Phi) is 1.84. The van der Waals surface area contributed by atoms with Crippen molar-refractivity contribution in [3.05, 3.63) is 23.3 Å². The van der Waals surface area contributed by atoms with Crippen LogP contribution in [0.25, 0.3) is 0 Å². The number of esters is 1. The lowest BCUT2D eigenvalue weighted by molar-refractivity contribution is 0.0294. The van der Waals surface area contributed by atoms with Gasteiger partial charge >= 0.3 is 5.97 Å². The summed E-state index contributed by atoms with van der Waals surface area (Å²) in [6, 6.07) is 2.66. The molecule has 0 fully saturated rings. The summed E-state index contributed by atoms with van der Waals surface area (Å²) in [6.07, 6.45) is 0.170. The van der Waals surface area contributed by atoms with Crippen LogP contribution in [0.5, 0.6) is 11.5 Å². The summed E-state index contributed by atoms with van der Waals surface area (Å²) in [6.45, 7) is 1.74. The molecule has 0 spiro atoms. The number of ether oxygens (including phenoxy) is 1. The Bertz CT molecular complexity index is 397. The molecular formula is C10H10O4. The molecule has 1 atom stereocenters. The number of phenols is 2. The van der Waals surface area contributed by atoms with Crippen LogP contribution < -0.4 is 0 Å². The van der Waals surface area contributed by atoms with Crippen LogP contribution in [0.2, 0.25) is 0 Å². The highest BCUT2D eigenvalue weighted by Gasteiger charge is 2.28. The predicted molar refractivity (Wildman–Crippen MR) is 48.4 cm³/mol. The van der Waals surface area contributed by atoms with Gasteiger partial charge in [-0.3, -0.25) is 0 Å². The molecule has 0 bridgehead atoms. The molecule has 0 aromatic heterocycles. The monoisotopic (exact) mass is 194 g/mol. The number of hydrogen-bond acceptors (Lipinski definition) is 4. The molecule has 0 amide bonds. The van der Waals surface area contributed by atoms with Crippen LogP contribution in [0, 0.1) is 0 Å². The SMILES string of the molecule is C[C@@H]1Cc2c(O)ccc(O)c2C(=O)O1. The first-order valence-electron chi connectivity index (χ1n) is 4.34. The van der Waals surface area contributed by atoms with E-state index in [0.29, 0.717) is 12.0 Å². The van der Waals surface area contributed by atoms with E-state index < -0.39 is 5.97 Å². The first-order chi connectivity index (χ1) is 6.59. The average molecular weight is 194 g/mol. The van der Waals surface area contributed by atoms with E-state index in [1.807, 2.05) is 0 Å². The molecule has 0 saturated heterocycles. The fourth-order valence-corrected chi connectivity index (χ4v) is 1.63. The summed E-state index contributed by atoms with van der Waals surface area (Å²) in [5.41, 5.74) is 0.553. The summed E-state index contributed by atoms with van der Waals surface area (Å²) in [5, 5.41) is 18.9. The van der Waals surface area contributed by atoms with Gasteiger partial charge in [-0.15, -0.1) is 0 Å². The lowest BCUT2D eigenvalue weighted by atomic mass is 9.97. The van der Waals surface area contributed by atoms with Gasteiger partial charge in [-0.05, 0) is 19.1 Å². The van der Waals surface area contributed by atoms with Crippen molar-refractivity contribution >= 4 is 5.97 Å². The van der Waals surface area contributed by atoms with Gasteiger partial charge < -0.3 is 14.9 Å². The molecule has 74 valence electrons. The van der Waals surface area contributed by atoms with Gasteiger partial charge in [-0.2, -0.15) is 0 Å². The van der Waals surface area contributed by atoms with Crippen LogP contribution in [0.15, 0.2) is 12.1 Å². The van der Waals surface area contributed by atoms with E-state index in [1.165, 1.54) is 12.1 Å². The lowest BCUT2D eigenvalue weighted by Gasteiger charge is -2.22. The number of rotatable bonds is 0. The highest BCUT2D eigenvalue weighted by molar-refractivity contribution is 5.95. The highest BCUT2D eigenvalue weighted by atomic mass is 16.5. The third-order valence-electron chi connectivity index (χ3n) is 2.27. The molecule has 1 aliphatic rings. The Morgan fingerprint density at radius 1 is 1.36 bits per heavy atom. The zero-order chi connectivity index (χ0) is 10.3. The standard InChI is InChI=1S/C10H10O4/c1-5-4-6-7(11)2-3-8(12)9(6)10(13)14-5/h2-3,5,11-12H,4H2,1H3/t5-/m1/s1. The Balaban J connectivity index is 2.63. The molecule has 2 rings (SSSR count). The molecule has 1 aliphatic heterocycles. The van der Waals surface area contributed by atoms with E-state index >= 15 is 0 Å². The number of benzene rings is 1. The molecule has 0 radical (unpaired) electrons. The van der Waals surface area contributed by atoms with Gasteiger partial charge in [0, 0.05) is 12.0 Å². The summed E-state index contributed by atoms with van der Waals surface area (Å²) < 4.78 is 4.94. The van der Waals surface area contributed by atoms with Crippen LogP contribution in [-0.4, -0.2) is 22.3 Å². The predicted octanol–water partition coefficient (Wildman–Crippen LogP) is 1.20. The Morgan fingerprint density at radius 3 is 2.71 bits per heavy atom. The molecule has 14 heavy (non-hydrogen) atoms. The van der Waals surface area contributed by atoms with Gasteiger partial charge in [0.05, 0.1) is 0 Å². The first-order valence-corrected chi connectivity index (χ1v) is 4.34. The topological polar surface area (TPSA) is 66.8 Å². The smallest absolute Gasteiger partial charge is 0.342 e. The summed E-state index contributed by atoms with van der Waals surface area (Å²) in [5.74, 6) is -0.692. The molecule has 4 nitrogen and oxygen atoms in total. The number of aromatic hydroxyl groups is 2. The summed E-state index contributed by atoms with van der Waals surface area (Å²) >= 11 is 0. The molecule has 0 aliphatic carbocycles. The van der Waals surface area contributed by atoms with Crippen molar-refractivity contribution in [1.29, 1.82) is 0 Å². The summed E-state index contributed by atoms with van der Waals surface area (Å²) in [7, 11) is 0. The molecule has 4 heteroatoms. The maximum atomic E-state index is 11.4. The number of carbonyl (C=O) groups excluding carboxylic acids is 1. The quantitative estimate of drug-likeness (QED) is 0.481. The maximum absolute atomic E-state index is 11.4. The van der Waals surface area contributed by atoms with E-state index in [-0.39, 0.29) is 23.2 Å². The van der Waals surface area contributed by atoms with E-state index in [2.05, 4.69) is 0 Å². The minimum absolute atomic E-state index is 0.0290.